The van der Waals surface area contributed by atoms with E-state index in [4.69, 9.17) is 9.72 Å². The maximum atomic E-state index is 12.5. The van der Waals surface area contributed by atoms with Crippen molar-refractivity contribution in [1.29, 1.82) is 0 Å². The number of rotatable bonds is 11. The van der Waals surface area contributed by atoms with Gasteiger partial charge in [0.25, 0.3) is 5.91 Å². The summed E-state index contributed by atoms with van der Waals surface area (Å²) in [5.74, 6) is 0.775. The van der Waals surface area contributed by atoms with Crippen LogP contribution in [0.15, 0.2) is 72.0 Å². The number of ether oxygens (including phenoxy) is 1. The summed E-state index contributed by atoms with van der Waals surface area (Å²) in [4.78, 5) is 21.9. The summed E-state index contributed by atoms with van der Waals surface area (Å²) in [5.41, 5.74) is 6.02. The quantitative estimate of drug-likeness (QED) is 0.219. The molecule has 1 N–H and O–H groups in total. The fourth-order valence-corrected chi connectivity index (χ4v) is 4.72. The van der Waals surface area contributed by atoms with Crippen LogP contribution < -0.4 is 5.32 Å². The summed E-state index contributed by atoms with van der Waals surface area (Å²) >= 11 is 1.71. The number of imidazole rings is 1. The van der Waals surface area contributed by atoms with E-state index in [1.54, 1.807) is 18.0 Å². The highest BCUT2D eigenvalue weighted by Crippen LogP contribution is 2.27. The number of aromatic nitrogens is 3. The molecule has 0 aliphatic rings. The number of hydrogen-bond donors (Lipinski definition) is 1. The minimum atomic E-state index is -0.0646. The van der Waals surface area contributed by atoms with Gasteiger partial charge in [0, 0.05) is 30.7 Å². The van der Waals surface area contributed by atoms with Crippen LogP contribution in [0.4, 0.5) is 0 Å². The zero-order valence-corrected chi connectivity index (χ0v) is 21.3. The van der Waals surface area contributed by atoms with E-state index >= 15 is 0 Å². The van der Waals surface area contributed by atoms with Gasteiger partial charge in [-0.15, -0.1) is 0 Å². The Bertz CT molecular complexity index is 1270. The van der Waals surface area contributed by atoms with Gasteiger partial charge in [0.05, 0.1) is 12.6 Å². The van der Waals surface area contributed by atoms with Crippen LogP contribution in [0.2, 0.25) is 0 Å². The molecule has 0 aliphatic heterocycles. The van der Waals surface area contributed by atoms with Crippen molar-refractivity contribution in [3.8, 4) is 0 Å². The van der Waals surface area contributed by atoms with Gasteiger partial charge in [-0.2, -0.15) is 0 Å². The molecule has 0 saturated heterocycles. The standard InChI is InChI=1S/C28H32N4O2S/c1-20(2)34-16-6-15-30-27(33)24-12-10-22(11-13-24)18-32-26-25(9-5-14-29-26)31-28(32)35-19-23-8-4-7-21(3)17-23/h4-5,7-14,17,20H,6,15-16,18-19H2,1-3H3,(H,30,33). The lowest BCUT2D eigenvalue weighted by molar-refractivity contribution is 0.0757. The van der Waals surface area contributed by atoms with E-state index in [2.05, 4.69) is 46.1 Å². The van der Waals surface area contributed by atoms with E-state index in [0.717, 1.165) is 34.1 Å². The highest BCUT2D eigenvalue weighted by molar-refractivity contribution is 7.98. The molecule has 0 saturated carbocycles. The Morgan fingerprint density at radius 3 is 2.69 bits per heavy atom. The highest BCUT2D eigenvalue weighted by atomic mass is 32.2. The fourth-order valence-electron chi connectivity index (χ4n) is 3.78. The lowest BCUT2D eigenvalue weighted by atomic mass is 10.1. The molecule has 0 atom stereocenters. The molecule has 0 fully saturated rings. The number of carbonyl (C=O) groups is 1. The molecule has 6 nitrogen and oxygen atoms in total. The lowest BCUT2D eigenvalue weighted by Crippen LogP contribution is -2.25. The second kappa shape index (κ2) is 12.0. The van der Waals surface area contributed by atoms with Gasteiger partial charge < -0.3 is 10.1 Å². The number of hydrogen-bond acceptors (Lipinski definition) is 5. The molecule has 0 radical (unpaired) electrons. The number of carbonyl (C=O) groups excluding carboxylic acids is 1. The summed E-state index contributed by atoms with van der Waals surface area (Å²) in [5, 5.41) is 3.90. The smallest absolute Gasteiger partial charge is 0.251 e. The van der Waals surface area contributed by atoms with Crippen molar-refractivity contribution in [2.45, 2.75) is 50.8 Å². The minimum Gasteiger partial charge on any atom is -0.379 e. The Morgan fingerprint density at radius 1 is 1.09 bits per heavy atom. The second-order valence-corrected chi connectivity index (χ2v) is 9.77. The molecule has 0 spiro atoms. The van der Waals surface area contributed by atoms with Crippen LogP contribution in [0.5, 0.6) is 0 Å². The van der Waals surface area contributed by atoms with Crippen LogP contribution in [0.3, 0.4) is 0 Å². The fraction of sp³-hybridized carbons (Fsp3) is 0.321. The third kappa shape index (κ3) is 6.93. The molecule has 0 unspecified atom stereocenters. The molecular weight excluding hydrogens is 456 g/mol. The first kappa shape index (κ1) is 24.9. The number of fused-ring (bicyclic) bond motifs is 1. The zero-order valence-electron chi connectivity index (χ0n) is 20.5. The molecule has 2 heterocycles. The number of nitrogens with zero attached hydrogens (tertiary/aromatic N) is 3. The van der Waals surface area contributed by atoms with Gasteiger partial charge in [0.15, 0.2) is 10.8 Å². The van der Waals surface area contributed by atoms with Gasteiger partial charge in [0.1, 0.15) is 5.52 Å². The third-order valence-electron chi connectivity index (χ3n) is 5.53. The summed E-state index contributed by atoms with van der Waals surface area (Å²) in [6, 6.07) is 20.2. The van der Waals surface area contributed by atoms with Crippen LogP contribution in [-0.2, 0) is 17.0 Å². The molecule has 1 amide bonds. The van der Waals surface area contributed by atoms with Crippen molar-refractivity contribution in [3.05, 3.63) is 89.1 Å². The topological polar surface area (TPSA) is 69.0 Å². The van der Waals surface area contributed by atoms with E-state index in [1.807, 2.05) is 50.2 Å². The molecule has 4 rings (SSSR count). The van der Waals surface area contributed by atoms with Crippen LogP contribution >= 0.6 is 11.8 Å². The Hall–Kier alpha value is -3.16. The normalized spacial score (nSPS) is 11.3. The molecular formula is C28H32N4O2S. The van der Waals surface area contributed by atoms with Crippen LogP contribution in [0.1, 0.15) is 47.3 Å². The molecule has 0 bridgehead atoms. The van der Waals surface area contributed by atoms with Gasteiger partial charge in [-0.25, -0.2) is 9.97 Å². The monoisotopic (exact) mass is 488 g/mol. The van der Waals surface area contributed by atoms with Crippen molar-refractivity contribution in [2.75, 3.05) is 13.2 Å². The van der Waals surface area contributed by atoms with Gasteiger partial charge in [-0.1, -0.05) is 53.7 Å². The third-order valence-corrected chi connectivity index (χ3v) is 6.58. The van der Waals surface area contributed by atoms with Crippen molar-refractivity contribution in [2.24, 2.45) is 0 Å². The predicted molar refractivity (Wildman–Crippen MR) is 142 cm³/mol. The zero-order chi connectivity index (χ0) is 24.6. The summed E-state index contributed by atoms with van der Waals surface area (Å²) in [6.07, 6.45) is 2.81. The average molecular weight is 489 g/mol. The number of amides is 1. The van der Waals surface area contributed by atoms with Crippen molar-refractivity contribution in [1.82, 2.24) is 19.9 Å². The van der Waals surface area contributed by atoms with E-state index in [0.29, 0.717) is 25.3 Å². The van der Waals surface area contributed by atoms with Crippen molar-refractivity contribution < 1.29 is 9.53 Å². The molecule has 0 aliphatic carbocycles. The Labute approximate surface area is 211 Å². The maximum absolute atomic E-state index is 12.5. The predicted octanol–water partition coefficient (Wildman–Crippen LogP) is 5.63. The first-order chi connectivity index (χ1) is 17.0. The van der Waals surface area contributed by atoms with Crippen LogP contribution in [-0.4, -0.2) is 39.7 Å². The van der Waals surface area contributed by atoms with Crippen molar-refractivity contribution >= 4 is 28.8 Å². The average Bonchev–Trinajstić information content (AvgIpc) is 3.20. The lowest BCUT2D eigenvalue weighted by Gasteiger charge is -2.10. The number of pyridine rings is 1. The molecule has 2 aromatic heterocycles. The summed E-state index contributed by atoms with van der Waals surface area (Å²) in [6.45, 7) is 8.01. The maximum Gasteiger partial charge on any atom is 0.251 e. The molecule has 35 heavy (non-hydrogen) atoms. The Kier molecular flexibility index (Phi) is 8.55. The number of thioether (sulfide) groups is 1. The molecule has 4 aromatic rings. The highest BCUT2D eigenvalue weighted by Gasteiger charge is 2.14. The Morgan fingerprint density at radius 2 is 1.91 bits per heavy atom. The van der Waals surface area contributed by atoms with Crippen LogP contribution in [0.25, 0.3) is 11.2 Å². The number of aryl methyl sites for hydroxylation is 1. The molecule has 2 aromatic carbocycles. The second-order valence-electron chi connectivity index (χ2n) is 8.83. The first-order valence-electron chi connectivity index (χ1n) is 12.0. The number of benzene rings is 2. The number of nitrogens with one attached hydrogen (secondary N) is 1. The summed E-state index contributed by atoms with van der Waals surface area (Å²) < 4.78 is 7.67. The SMILES string of the molecule is Cc1cccc(CSc2nc3cccnc3n2Cc2ccc(C(=O)NCCCOC(C)C)cc2)c1. The van der Waals surface area contributed by atoms with E-state index in [9.17, 15) is 4.79 Å². The molecule has 182 valence electrons. The minimum absolute atomic E-state index is 0.0646. The Balaban J connectivity index is 1.43. The van der Waals surface area contributed by atoms with Crippen molar-refractivity contribution in [3.63, 3.8) is 0 Å². The largest absolute Gasteiger partial charge is 0.379 e. The van der Waals surface area contributed by atoms with Crippen LogP contribution in [0, 0.1) is 6.92 Å². The van der Waals surface area contributed by atoms with E-state index in [1.165, 1.54) is 11.1 Å². The molecule has 7 heteroatoms. The first-order valence-corrected chi connectivity index (χ1v) is 13.0. The summed E-state index contributed by atoms with van der Waals surface area (Å²) in [7, 11) is 0. The van der Waals surface area contributed by atoms with Gasteiger partial charge in [0.2, 0.25) is 0 Å². The van der Waals surface area contributed by atoms with E-state index < -0.39 is 0 Å². The van der Waals surface area contributed by atoms with Gasteiger partial charge in [-0.05, 0) is 62.6 Å². The van der Waals surface area contributed by atoms with Gasteiger partial charge >= 0.3 is 0 Å². The van der Waals surface area contributed by atoms with Gasteiger partial charge in [-0.3, -0.25) is 9.36 Å². The van der Waals surface area contributed by atoms with E-state index in [-0.39, 0.29) is 12.0 Å².